The Hall–Kier alpha value is -4.95. The van der Waals surface area contributed by atoms with Crippen LogP contribution in [0.25, 0.3) is 22.3 Å². The van der Waals surface area contributed by atoms with E-state index < -0.39 is 29.2 Å². The van der Waals surface area contributed by atoms with Crippen molar-refractivity contribution in [2.75, 3.05) is 25.6 Å². The normalized spacial score (nSPS) is 13.0. The average Bonchev–Trinajstić information content (AvgIpc) is 3.67. The molecule has 0 radical (unpaired) electrons. The molecule has 6 rings (SSSR count). The number of alkyl carbamates (subject to hydrolysis) is 1. The number of carbonyl (C=O) groups excluding carboxylic acids is 2. The van der Waals surface area contributed by atoms with E-state index in [4.69, 9.17) is 16.3 Å². The minimum Gasteiger partial charge on any atom is -0.449 e. The number of fused-ring (bicyclic) bond motifs is 3. The van der Waals surface area contributed by atoms with E-state index in [2.05, 4.69) is 29.6 Å². The van der Waals surface area contributed by atoms with Crippen molar-refractivity contribution < 1.29 is 23.1 Å². The van der Waals surface area contributed by atoms with Gasteiger partial charge in [-0.15, -0.1) is 11.6 Å². The fourth-order valence-corrected chi connectivity index (χ4v) is 7.33. The second kappa shape index (κ2) is 15.5. The number of halogens is 3. The highest BCUT2D eigenvalue weighted by atomic mass is 35.5. The average molecular weight is 710 g/mol. The summed E-state index contributed by atoms with van der Waals surface area (Å²) in [6, 6.07) is 30.9. The molecule has 6 nitrogen and oxygen atoms in total. The molecule has 264 valence electrons. The zero-order chi connectivity index (χ0) is 36.1. The molecule has 1 aliphatic carbocycles. The van der Waals surface area contributed by atoms with Crippen LogP contribution < -0.4 is 5.32 Å². The van der Waals surface area contributed by atoms with Crippen molar-refractivity contribution in [2.45, 2.75) is 45.7 Å². The number of aromatic nitrogens is 1. The molecule has 1 N–H and O–H groups in total. The van der Waals surface area contributed by atoms with Gasteiger partial charge >= 0.3 is 6.09 Å². The van der Waals surface area contributed by atoms with Crippen LogP contribution in [0.3, 0.4) is 0 Å². The van der Waals surface area contributed by atoms with E-state index >= 15 is 4.39 Å². The highest BCUT2D eigenvalue weighted by Gasteiger charge is 2.37. The Morgan fingerprint density at radius 1 is 0.882 bits per heavy atom. The van der Waals surface area contributed by atoms with E-state index in [1.807, 2.05) is 86.0 Å². The maximum absolute atomic E-state index is 15.0. The molecule has 5 aromatic rings. The third-order valence-electron chi connectivity index (χ3n) is 9.40. The Morgan fingerprint density at radius 2 is 1.53 bits per heavy atom. The van der Waals surface area contributed by atoms with E-state index in [0.29, 0.717) is 18.5 Å². The smallest absolute Gasteiger partial charge is 0.407 e. The van der Waals surface area contributed by atoms with E-state index in [0.717, 1.165) is 45.6 Å². The maximum atomic E-state index is 15.0. The first-order valence-electron chi connectivity index (χ1n) is 17.2. The van der Waals surface area contributed by atoms with Gasteiger partial charge in [0.15, 0.2) is 0 Å². The Kier molecular flexibility index (Phi) is 10.9. The van der Waals surface area contributed by atoms with Crippen LogP contribution in [-0.2, 0) is 16.1 Å². The van der Waals surface area contributed by atoms with Gasteiger partial charge in [0.1, 0.15) is 24.1 Å². The molecule has 0 bridgehead atoms. The molecule has 4 aromatic carbocycles. The van der Waals surface area contributed by atoms with Gasteiger partial charge in [-0.05, 0) is 63.9 Å². The number of amides is 2. The maximum Gasteiger partial charge on any atom is 0.407 e. The summed E-state index contributed by atoms with van der Waals surface area (Å²) in [5, 5.41) is 2.85. The SMILES string of the molecule is CC(C)(C)[C@H](c1cc(-c2cc(F)ccc2F)cn1Cc1ccccc1)N(CCCNC(=O)OCC1c2ccccc2-c2ccccc21)C(=O)CCl. The quantitative estimate of drug-likeness (QED) is 0.104. The zero-order valence-electron chi connectivity index (χ0n) is 29.0. The van der Waals surface area contributed by atoms with Gasteiger partial charge in [-0.2, -0.15) is 0 Å². The van der Waals surface area contributed by atoms with Crippen molar-refractivity contribution in [3.63, 3.8) is 0 Å². The van der Waals surface area contributed by atoms with Crippen LogP contribution in [0.5, 0.6) is 0 Å². The van der Waals surface area contributed by atoms with Gasteiger partial charge in [0, 0.05) is 48.6 Å². The van der Waals surface area contributed by atoms with Crippen LogP contribution in [0.2, 0.25) is 0 Å². The molecule has 0 aliphatic heterocycles. The number of hydrogen-bond acceptors (Lipinski definition) is 3. The molecule has 9 heteroatoms. The van der Waals surface area contributed by atoms with Crippen molar-refractivity contribution in [3.8, 4) is 22.3 Å². The van der Waals surface area contributed by atoms with Gasteiger partial charge in [-0.25, -0.2) is 13.6 Å². The first kappa shape index (κ1) is 35.9. The van der Waals surface area contributed by atoms with E-state index in [1.54, 1.807) is 11.1 Å². The number of hydrogen-bond donors (Lipinski definition) is 1. The van der Waals surface area contributed by atoms with Crippen molar-refractivity contribution in [3.05, 3.63) is 143 Å². The number of alkyl halides is 1. The number of benzene rings is 4. The number of carbonyl (C=O) groups is 2. The van der Waals surface area contributed by atoms with Crippen LogP contribution in [0.15, 0.2) is 109 Å². The second-order valence-corrected chi connectivity index (χ2v) is 14.3. The number of nitrogens with one attached hydrogen (secondary N) is 1. The van der Waals surface area contributed by atoms with Gasteiger partial charge < -0.3 is 19.5 Å². The summed E-state index contributed by atoms with van der Waals surface area (Å²) in [4.78, 5) is 28.2. The van der Waals surface area contributed by atoms with Crippen molar-refractivity contribution in [1.82, 2.24) is 14.8 Å². The summed E-state index contributed by atoms with van der Waals surface area (Å²) in [5.41, 5.74) is 6.49. The lowest BCUT2D eigenvalue weighted by Gasteiger charge is -2.41. The third-order valence-corrected chi connectivity index (χ3v) is 9.63. The van der Waals surface area contributed by atoms with Crippen LogP contribution in [0.1, 0.15) is 61.5 Å². The molecule has 0 fully saturated rings. The molecule has 2 amide bonds. The van der Waals surface area contributed by atoms with E-state index in [-0.39, 0.29) is 43.0 Å². The minimum absolute atomic E-state index is 0.0506. The molecule has 1 atom stereocenters. The fourth-order valence-electron chi connectivity index (χ4n) is 7.18. The van der Waals surface area contributed by atoms with Crippen molar-refractivity contribution in [1.29, 1.82) is 0 Å². The summed E-state index contributed by atoms with van der Waals surface area (Å²) in [6.45, 7) is 7.30. The lowest BCUT2D eigenvalue weighted by atomic mass is 9.83. The largest absolute Gasteiger partial charge is 0.449 e. The van der Waals surface area contributed by atoms with Crippen LogP contribution in [0.4, 0.5) is 13.6 Å². The standard InChI is InChI=1S/C42H42ClF2N3O3/c1-42(2,3)40(38-22-29(35-23-30(44)18-19-37(35)45)26-47(38)25-28-12-5-4-6-13-28)48(39(49)24-43)21-11-20-46-41(50)51-27-36-33-16-9-7-14-31(33)32-15-8-10-17-34(32)36/h4-10,12-19,22-23,26,36,40H,11,20-21,24-25,27H2,1-3H3,(H,46,50)/t40-/m0/s1. The highest BCUT2D eigenvalue weighted by Crippen LogP contribution is 2.45. The van der Waals surface area contributed by atoms with Gasteiger partial charge in [0.05, 0.1) is 6.04 Å². The number of ether oxygens (including phenoxy) is 1. The molecule has 0 saturated carbocycles. The Morgan fingerprint density at radius 3 is 2.18 bits per heavy atom. The van der Waals surface area contributed by atoms with E-state index in [9.17, 15) is 14.0 Å². The summed E-state index contributed by atoms with van der Waals surface area (Å²) in [7, 11) is 0. The summed E-state index contributed by atoms with van der Waals surface area (Å²) < 4.78 is 37.1. The Labute approximate surface area is 303 Å². The topological polar surface area (TPSA) is 63.6 Å². The van der Waals surface area contributed by atoms with Crippen LogP contribution >= 0.6 is 11.6 Å². The Balaban J connectivity index is 1.19. The van der Waals surface area contributed by atoms with Crippen LogP contribution in [0, 0.1) is 17.0 Å². The highest BCUT2D eigenvalue weighted by molar-refractivity contribution is 6.27. The fraction of sp³-hybridized carbons (Fsp3) is 0.286. The Bertz CT molecular complexity index is 1960. The monoisotopic (exact) mass is 709 g/mol. The molecular formula is C42H42ClF2N3O3. The lowest BCUT2D eigenvalue weighted by molar-refractivity contribution is -0.133. The molecule has 51 heavy (non-hydrogen) atoms. The molecule has 0 saturated heterocycles. The summed E-state index contributed by atoms with van der Waals surface area (Å²) >= 11 is 6.20. The molecule has 0 unspecified atom stereocenters. The first-order chi connectivity index (χ1) is 24.5. The predicted octanol–water partition coefficient (Wildman–Crippen LogP) is 9.56. The molecule has 1 aromatic heterocycles. The molecule has 1 heterocycles. The summed E-state index contributed by atoms with van der Waals surface area (Å²) in [5.74, 6) is -1.65. The van der Waals surface area contributed by atoms with E-state index in [1.165, 1.54) is 6.07 Å². The molecule has 1 aliphatic rings. The second-order valence-electron chi connectivity index (χ2n) is 14.0. The molecular weight excluding hydrogens is 668 g/mol. The van der Waals surface area contributed by atoms with Crippen molar-refractivity contribution in [2.24, 2.45) is 5.41 Å². The summed E-state index contributed by atoms with van der Waals surface area (Å²) in [6.07, 6.45) is 1.71. The van der Waals surface area contributed by atoms with Crippen molar-refractivity contribution >= 4 is 23.6 Å². The van der Waals surface area contributed by atoms with Gasteiger partial charge in [0.25, 0.3) is 0 Å². The van der Waals surface area contributed by atoms with Crippen LogP contribution in [-0.4, -0.2) is 47.0 Å². The van der Waals surface area contributed by atoms with Gasteiger partial charge in [0.2, 0.25) is 5.91 Å². The number of rotatable bonds is 12. The van der Waals surface area contributed by atoms with Gasteiger partial charge in [-0.3, -0.25) is 4.79 Å². The minimum atomic E-state index is -0.543. The lowest BCUT2D eigenvalue weighted by Crippen LogP contribution is -2.44. The molecule has 0 spiro atoms. The first-order valence-corrected chi connectivity index (χ1v) is 17.7. The zero-order valence-corrected chi connectivity index (χ0v) is 29.8. The third kappa shape index (κ3) is 8.02. The number of nitrogens with zero attached hydrogens (tertiary/aromatic N) is 2. The predicted molar refractivity (Wildman–Crippen MR) is 198 cm³/mol. The van der Waals surface area contributed by atoms with Gasteiger partial charge in [-0.1, -0.05) is 99.6 Å².